The summed E-state index contributed by atoms with van der Waals surface area (Å²) in [5.41, 5.74) is 1.23. The number of aryl methyl sites for hydroxylation is 1. The van der Waals surface area contributed by atoms with Gasteiger partial charge in [0.1, 0.15) is 0 Å². The second-order valence-electron chi connectivity index (χ2n) is 5.59. The van der Waals surface area contributed by atoms with Gasteiger partial charge in [0.2, 0.25) is 5.91 Å². The van der Waals surface area contributed by atoms with Crippen molar-refractivity contribution in [3.8, 4) is 0 Å². The van der Waals surface area contributed by atoms with Crippen LogP contribution in [0.2, 0.25) is 0 Å². The largest absolute Gasteiger partial charge is 0.356 e. The zero-order chi connectivity index (χ0) is 14.0. The number of hydrogen-bond acceptors (Lipinski definition) is 2. The van der Waals surface area contributed by atoms with Crippen LogP contribution >= 0.6 is 12.4 Å². The van der Waals surface area contributed by atoms with E-state index in [1.165, 1.54) is 44.5 Å². The van der Waals surface area contributed by atoms with Crippen LogP contribution in [0.5, 0.6) is 0 Å². The van der Waals surface area contributed by atoms with E-state index in [4.69, 9.17) is 0 Å². The van der Waals surface area contributed by atoms with E-state index < -0.39 is 0 Å². The third kappa shape index (κ3) is 7.49. The molecule has 1 N–H and O–H groups in total. The van der Waals surface area contributed by atoms with Crippen molar-refractivity contribution in [2.75, 3.05) is 26.2 Å². The zero-order valence-corrected chi connectivity index (χ0v) is 13.5. The molecule has 0 saturated carbocycles. The standard InChI is InChI=1S/C17H26N2O.ClH/c20-17(11-10-16-8-2-1-3-9-16)18-12-4-5-13-19-14-6-7-15-19;/h1-3,8-9H,4-7,10-15H2,(H,18,20);1H. The van der Waals surface area contributed by atoms with Crippen LogP contribution in [0.25, 0.3) is 0 Å². The van der Waals surface area contributed by atoms with Crippen molar-refractivity contribution < 1.29 is 4.79 Å². The summed E-state index contributed by atoms with van der Waals surface area (Å²) < 4.78 is 0. The summed E-state index contributed by atoms with van der Waals surface area (Å²) >= 11 is 0. The maximum atomic E-state index is 11.7. The van der Waals surface area contributed by atoms with Gasteiger partial charge >= 0.3 is 0 Å². The van der Waals surface area contributed by atoms with E-state index in [0.29, 0.717) is 6.42 Å². The Hall–Kier alpha value is -1.06. The van der Waals surface area contributed by atoms with Gasteiger partial charge in [0.05, 0.1) is 0 Å². The Balaban J connectivity index is 0.00000220. The van der Waals surface area contributed by atoms with Gasteiger partial charge in [-0.25, -0.2) is 0 Å². The summed E-state index contributed by atoms with van der Waals surface area (Å²) in [5, 5.41) is 3.02. The first-order valence-electron chi connectivity index (χ1n) is 7.87. The Kier molecular flexibility index (Phi) is 9.11. The van der Waals surface area contributed by atoms with Crippen LogP contribution in [0.15, 0.2) is 30.3 Å². The highest BCUT2D eigenvalue weighted by Gasteiger charge is 2.10. The maximum Gasteiger partial charge on any atom is 0.220 e. The topological polar surface area (TPSA) is 32.3 Å². The number of likely N-dealkylation sites (tertiary alicyclic amines) is 1. The number of carbonyl (C=O) groups is 1. The molecule has 0 spiro atoms. The molecule has 0 unspecified atom stereocenters. The van der Waals surface area contributed by atoms with Crippen molar-refractivity contribution in [2.45, 2.75) is 38.5 Å². The molecule has 118 valence electrons. The smallest absolute Gasteiger partial charge is 0.220 e. The minimum atomic E-state index is 0. The molecule has 1 amide bonds. The van der Waals surface area contributed by atoms with Crippen LogP contribution in [-0.2, 0) is 11.2 Å². The van der Waals surface area contributed by atoms with Gasteiger partial charge in [-0.2, -0.15) is 0 Å². The number of benzene rings is 1. The van der Waals surface area contributed by atoms with Gasteiger partial charge < -0.3 is 10.2 Å². The molecule has 1 aliphatic rings. The average molecular weight is 311 g/mol. The summed E-state index contributed by atoms with van der Waals surface area (Å²) in [7, 11) is 0. The zero-order valence-electron chi connectivity index (χ0n) is 12.7. The van der Waals surface area contributed by atoms with Crippen LogP contribution < -0.4 is 5.32 Å². The number of halogens is 1. The summed E-state index contributed by atoms with van der Waals surface area (Å²) in [6.07, 6.45) is 6.43. The van der Waals surface area contributed by atoms with Crippen LogP contribution in [0, 0.1) is 0 Å². The fourth-order valence-electron chi connectivity index (χ4n) is 2.69. The lowest BCUT2D eigenvalue weighted by Crippen LogP contribution is -2.26. The van der Waals surface area contributed by atoms with Crippen molar-refractivity contribution in [1.82, 2.24) is 10.2 Å². The molecule has 3 nitrogen and oxygen atoms in total. The van der Waals surface area contributed by atoms with E-state index in [2.05, 4.69) is 22.3 Å². The number of unbranched alkanes of at least 4 members (excludes halogenated alkanes) is 1. The minimum Gasteiger partial charge on any atom is -0.356 e. The molecule has 1 saturated heterocycles. The molecule has 1 aromatic rings. The number of nitrogens with one attached hydrogen (secondary N) is 1. The number of hydrogen-bond donors (Lipinski definition) is 1. The van der Waals surface area contributed by atoms with Crippen LogP contribution in [0.3, 0.4) is 0 Å². The first-order chi connectivity index (χ1) is 9.84. The second kappa shape index (κ2) is 10.6. The van der Waals surface area contributed by atoms with Crippen molar-refractivity contribution in [2.24, 2.45) is 0 Å². The Labute approximate surface area is 134 Å². The lowest BCUT2D eigenvalue weighted by Gasteiger charge is -2.14. The summed E-state index contributed by atoms with van der Waals surface area (Å²) in [4.78, 5) is 14.2. The quantitative estimate of drug-likeness (QED) is 0.749. The minimum absolute atomic E-state index is 0. The second-order valence-corrected chi connectivity index (χ2v) is 5.59. The highest BCUT2D eigenvalue weighted by molar-refractivity contribution is 5.85. The molecule has 1 aliphatic heterocycles. The molecular formula is C17H27ClN2O. The molecule has 0 atom stereocenters. The predicted octanol–water partition coefficient (Wildman–Crippen LogP) is 3.03. The molecular weight excluding hydrogens is 284 g/mol. The van der Waals surface area contributed by atoms with Gasteiger partial charge in [-0.05, 0) is 57.3 Å². The van der Waals surface area contributed by atoms with Crippen molar-refractivity contribution >= 4 is 18.3 Å². The Morgan fingerprint density at radius 3 is 2.52 bits per heavy atom. The van der Waals surface area contributed by atoms with Gasteiger partial charge in [-0.3, -0.25) is 4.79 Å². The molecule has 2 rings (SSSR count). The SMILES string of the molecule is Cl.O=C(CCc1ccccc1)NCCCCN1CCCC1. The number of carbonyl (C=O) groups excluding carboxylic acids is 1. The van der Waals surface area contributed by atoms with E-state index in [1.807, 2.05) is 18.2 Å². The van der Waals surface area contributed by atoms with Gasteiger partial charge in [-0.1, -0.05) is 30.3 Å². The molecule has 1 fully saturated rings. The van der Waals surface area contributed by atoms with Gasteiger partial charge in [0, 0.05) is 13.0 Å². The van der Waals surface area contributed by atoms with E-state index >= 15 is 0 Å². The Morgan fingerprint density at radius 1 is 1.10 bits per heavy atom. The third-order valence-corrected chi connectivity index (χ3v) is 3.91. The highest BCUT2D eigenvalue weighted by Crippen LogP contribution is 2.08. The van der Waals surface area contributed by atoms with Crippen molar-refractivity contribution in [3.63, 3.8) is 0 Å². The number of nitrogens with zero attached hydrogens (tertiary/aromatic N) is 1. The van der Waals surface area contributed by atoms with Gasteiger partial charge in [0.25, 0.3) is 0 Å². The maximum absolute atomic E-state index is 11.7. The van der Waals surface area contributed by atoms with Crippen LogP contribution in [0.1, 0.15) is 37.7 Å². The first-order valence-corrected chi connectivity index (χ1v) is 7.87. The van der Waals surface area contributed by atoms with Gasteiger partial charge in [0.15, 0.2) is 0 Å². The van der Waals surface area contributed by atoms with Crippen molar-refractivity contribution in [1.29, 1.82) is 0 Å². The van der Waals surface area contributed by atoms with Crippen LogP contribution in [0.4, 0.5) is 0 Å². The molecule has 0 radical (unpaired) electrons. The van der Waals surface area contributed by atoms with E-state index in [1.54, 1.807) is 0 Å². The predicted molar refractivity (Wildman–Crippen MR) is 89.9 cm³/mol. The van der Waals surface area contributed by atoms with Gasteiger partial charge in [-0.15, -0.1) is 12.4 Å². The lowest BCUT2D eigenvalue weighted by molar-refractivity contribution is -0.121. The summed E-state index contributed by atoms with van der Waals surface area (Å²) in [5.74, 6) is 0.176. The monoisotopic (exact) mass is 310 g/mol. The lowest BCUT2D eigenvalue weighted by atomic mass is 10.1. The molecule has 1 heterocycles. The molecule has 1 aromatic carbocycles. The Bertz CT molecular complexity index is 391. The molecule has 4 heteroatoms. The molecule has 21 heavy (non-hydrogen) atoms. The van der Waals surface area contributed by atoms with Crippen molar-refractivity contribution in [3.05, 3.63) is 35.9 Å². The third-order valence-electron chi connectivity index (χ3n) is 3.91. The summed E-state index contributed by atoms with van der Waals surface area (Å²) in [6.45, 7) is 4.55. The molecule has 0 aromatic heterocycles. The van der Waals surface area contributed by atoms with E-state index in [0.717, 1.165) is 19.4 Å². The number of rotatable bonds is 8. The van der Waals surface area contributed by atoms with E-state index in [-0.39, 0.29) is 18.3 Å². The molecule has 0 aliphatic carbocycles. The Morgan fingerprint density at radius 2 is 1.81 bits per heavy atom. The first kappa shape index (κ1) is 18.0. The van der Waals surface area contributed by atoms with Crippen LogP contribution in [-0.4, -0.2) is 37.0 Å². The number of amides is 1. The van der Waals surface area contributed by atoms with E-state index in [9.17, 15) is 4.79 Å². The highest BCUT2D eigenvalue weighted by atomic mass is 35.5. The summed E-state index contributed by atoms with van der Waals surface area (Å²) in [6, 6.07) is 10.2. The fourth-order valence-corrected chi connectivity index (χ4v) is 2.69. The molecule has 0 bridgehead atoms. The fraction of sp³-hybridized carbons (Fsp3) is 0.588. The average Bonchev–Trinajstić information content (AvgIpc) is 2.99. The normalized spacial score (nSPS) is 14.7.